The second kappa shape index (κ2) is 5.40. The summed E-state index contributed by atoms with van der Waals surface area (Å²) in [4.78, 5) is 22.2. The lowest BCUT2D eigenvalue weighted by molar-refractivity contribution is -0.384. The van der Waals surface area contributed by atoms with Crippen LogP contribution in [-0.2, 0) is 7.05 Å². The number of hydrogen-bond donors (Lipinski definition) is 2. The Bertz CT molecular complexity index is 489. The molecule has 0 spiro atoms. The molecule has 0 saturated heterocycles. The lowest BCUT2D eigenvalue weighted by atomic mass is 9.93. The van der Waals surface area contributed by atoms with Gasteiger partial charge in [-0.15, -0.1) is 0 Å². The number of carbonyl (C=O) groups is 1. The van der Waals surface area contributed by atoms with Crippen LogP contribution < -0.4 is 5.32 Å². The Morgan fingerprint density at radius 3 is 2.63 bits per heavy atom. The van der Waals surface area contributed by atoms with Crippen molar-refractivity contribution in [2.75, 3.05) is 0 Å². The first-order chi connectivity index (χ1) is 8.97. The van der Waals surface area contributed by atoms with Crippen LogP contribution in [0.2, 0.25) is 0 Å². The number of nitro groups is 1. The zero-order chi connectivity index (χ0) is 14.0. The first-order valence-corrected chi connectivity index (χ1v) is 6.27. The molecule has 1 aliphatic rings. The number of nitrogens with one attached hydrogen (secondary N) is 1. The average molecular weight is 267 g/mol. The molecule has 19 heavy (non-hydrogen) atoms. The van der Waals surface area contributed by atoms with Crippen molar-refractivity contribution in [2.24, 2.45) is 7.05 Å². The topological polar surface area (TPSA) is 97.4 Å². The fourth-order valence-electron chi connectivity index (χ4n) is 2.35. The Balaban J connectivity index is 2.02. The highest BCUT2D eigenvalue weighted by Crippen LogP contribution is 2.20. The Morgan fingerprint density at radius 2 is 2.11 bits per heavy atom. The van der Waals surface area contributed by atoms with Crippen molar-refractivity contribution >= 4 is 11.6 Å². The van der Waals surface area contributed by atoms with E-state index in [0.29, 0.717) is 12.8 Å². The molecule has 0 unspecified atom stereocenters. The monoisotopic (exact) mass is 267 g/mol. The molecule has 0 bridgehead atoms. The number of amides is 1. The van der Waals surface area contributed by atoms with Gasteiger partial charge in [0.05, 0.1) is 17.2 Å². The van der Waals surface area contributed by atoms with Crippen molar-refractivity contribution in [3.05, 3.63) is 28.1 Å². The van der Waals surface area contributed by atoms with Crippen LogP contribution in [0.25, 0.3) is 0 Å². The quantitative estimate of drug-likeness (QED) is 0.629. The van der Waals surface area contributed by atoms with Gasteiger partial charge in [0.25, 0.3) is 11.6 Å². The lowest BCUT2D eigenvalue weighted by Crippen LogP contribution is -2.39. The molecule has 1 aromatic rings. The predicted octanol–water partition coefficient (Wildman–Crippen LogP) is 0.967. The molecule has 1 saturated carbocycles. The Labute approximate surface area is 110 Å². The van der Waals surface area contributed by atoms with Gasteiger partial charge in [0, 0.05) is 19.2 Å². The van der Waals surface area contributed by atoms with E-state index in [9.17, 15) is 20.0 Å². The van der Waals surface area contributed by atoms with E-state index in [1.54, 1.807) is 7.05 Å². The van der Waals surface area contributed by atoms with Gasteiger partial charge < -0.3 is 15.0 Å². The summed E-state index contributed by atoms with van der Waals surface area (Å²) in [6, 6.07) is 1.30. The van der Waals surface area contributed by atoms with Crippen molar-refractivity contribution in [3.8, 4) is 0 Å². The van der Waals surface area contributed by atoms with E-state index in [1.807, 2.05) is 0 Å². The second-order valence-electron chi connectivity index (χ2n) is 4.93. The van der Waals surface area contributed by atoms with Gasteiger partial charge in [-0.25, -0.2) is 0 Å². The van der Waals surface area contributed by atoms with E-state index < -0.39 is 4.92 Å². The molecular formula is C12H17N3O4. The van der Waals surface area contributed by atoms with E-state index in [4.69, 9.17) is 0 Å². The number of rotatable bonds is 3. The van der Waals surface area contributed by atoms with E-state index in [0.717, 1.165) is 12.8 Å². The number of aliphatic hydroxyl groups excluding tert-OH is 1. The van der Waals surface area contributed by atoms with Gasteiger partial charge in [-0.2, -0.15) is 0 Å². The summed E-state index contributed by atoms with van der Waals surface area (Å²) in [6.45, 7) is 0. The fourth-order valence-corrected chi connectivity index (χ4v) is 2.35. The SMILES string of the molecule is Cn1cc([N+](=O)[O-])cc1C(=O)NC1CCC(O)CC1. The van der Waals surface area contributed by atoms with Crippen LogP contribution in [-0.4, -0.2) is 32.6 Å². The number of aliphatic hydroxyl groups is 1. The number of hydrogen-bond acceptors (Lipinski definition) is 4. The third-order valence-corrected chi connectivity index (χ3v) is 3.47. The number of aryl methyl sites for hydroxylation is 1. The Hall–Kier alpha value is -1.89. The molecule has 1 amide bonds. The van der Waals surface area contributed by atoms with Gasteiger partial charge in [0.1, 0.15) is 5.69 Å². The lowest BCUT2D eigenvalue weighted by Gasteiger charge is -2.26. The minimum absolute atomic E-state index is 0.0323. The highest BCUT2D eigenvalue weighted by molar-refractivity contribution is 5.93. The summed E-state index contributed by atoms with van der Waals surface area (Å²) in [5.41, 5.74) is 0.185. The van der Waals surface area contributed by atoms with Crippen LogP contribution in [0.3, 0.4) is 0 Å². The van der Waals surface area contributed by atoms with Crippen LogP contribution in [0.15, 0.2) is 12.3 Å². The van der Waals surface area contributed by atoms with Crippen LogP contribution in [0, 0.1) is 10.1 Å². The van der Waals surface area contributed by atoms with E-state index in [1.165, 1.54) is 16.8 Å². The van der Waals surface area contributed by atoms with Crippen molar-refractivity contribution in [1.82, 2.24) is 9.88 Å². The van der Waals surface area contributed by atoms with Crippen LogP contribution in [0.1, 0.15) is 36.2 Å². The summed E-state index contributed by atoms with van der Waals surface area (Å²) < 4.78 is 1.45. The second-order valence-corrected chi connectivity index (χ2v) is 4.93. The van der Waals surface area contributed by atoms with Crippen LogP contribution in [0.4, 0.5) is 5.69 Å². The molecule has 1 fully saturated rings. The zero-order valence-corrected chi connectivity index (χ0v) is 10.7. The maximum atomic E-state index is 12.0. The van der Waals surface area contributed by atoms with Gasteiger partial charge >= 0.3 is 0 Å². The Morgan fingerprint density at radius 1 is 1.47 bits per heavy atom. The molecule has 0 aliphatic heterocycles. The minimum Gasteiger partial charge on any atom is -0.393 e. The summed E-state index contributed by atoms with van der Waals surface area (Å²) in [7, 11) is 1.60. The van der Waals surface area contributed by atoms with E-state index in [2.05, 4.69) is 5.32 Å². The fraction of sp³-hybridized carbons (Fsp3) is 0.583. The zero-order valence-electron chi connectivity index (χ0n) is 10.7. The highest BCUT2D eigenvalue weighted by atomic mass is 16.6. The molecule has 7 heteroatoms. The third-order valence-electron chi connectivity index (χ3n) is 3.47. The minimum atomic E-state index is -0.520. The molecule has 2 rings (SSSR count). The molecule has 0 atom stereocenters. The van der Waals surface area contributed by atoms with Crippen LogP contribution >= 0.6 is 0 Å². The summed E-state index contributed by atoms with van der Waals surface area (Å²) >= 11 is 0. The van der Waals surface area contributed by atoms with Gasteiger partial charge in [-0.3, -0.25) is 14.9 Å². The van der Waals surface area contributed by atoms with E-state index >= 15 is 0 Å². The van der Waals surface area contributed by atoms with E-state index in [-0.39, 0.29) is 29.4 Å². The highest BCUT2D eigenvalue weighted by Gasteiger charge is 2.23. The first-order valence-electron chi connectivity index (χ1n) is 6.27. The molecule has 7 nitrogen and oxygen atoms in total. The van der Waals surface area contributed by atoms with Gasteiger partial charge in [-0.05, 0) is 25.7 Å². The molecular weight excluding hydrogens is 250 g/mol. The predicted molar refractivity (Wildman–Crippen MR) is 67.8 cm³/mol. The summed E-state index contributed by atoms with van der Waals surface area (Å²) in [5.74, 6) is -0.308. The standard InChI is InChI=1S/C12H17N3O4/c1-14-7-9(15(18)19)6-11(14)12(17)13-8-2-4-10(16)5-3-8/h6-8,10,16H,2-5H2,1H3,(H,13,17). The molecule has 1 aliphatic carbocycles. The first kappa shape index (κ1) is 13.5. The number of carbonyl (C=O) groups excluding carboxylic acids is 1. The van der Waals surface area contributed by atoms with Crippen molar-refractivity contribution in [2.45, 2.75) is 37.8 Å². The third kappa shape index (κ3) is 3.11. The molecule has 1 heterocycles. The van der Waals surface area contributed by atoms with Gasteiger partial charge in [0.15, 0.2) is 0 Å². The van der Waals surface area contributed by atoms with Crippen molar-refractivity contribution < 1.29 is 14.8 Å². The van der Waals surface area contributed by atoms with Crippen molar-refractivity contribution in [1.29, 1.82) is 0 Å². The molecule has 2 N–H and O–H groups in total. The summed E-state index contributed by atoms with van der Waals surface area (Å²) in [5, 5.41) is 22.9. The average Bonchev–Trinajstić information content (AvgIpc) is 2.74. The van der Waals surface area contributed by atoms with Crippen LogP contribution in [0.5, 0.6) is 0 Å². The van der Waals surface area contributed by atoms with Gasteiger partial charge in [-0.1, -0.05) is 0 Å². The molecule has 0 radical (unpaired) electrons. The molecule has 104 valence electrons. The largest absolute Gasteiger partial charge is 0.393 e. The maximum absolute atomic E-state index is 12.0. The maximum Gasteiger partial charge on any atom is 0.287 e. The van der Waals surface area contributed by atoms with Crippen molar-refractivity contribution in [3.63, 3.8) is 0 Å². The number of aromatic nitrogens is 1. The number of nitrogens with zero attached hydrogens (tertiary/aromatic N) is 2. The smallest absolute Gasteiger partial charge is 0.287 e. The molecule has 0 aromatic carbocycles. The normalized spacial score (nSPS) is 23.1. The Kier molecular flexibility index (Phi) is 3.84. The summed E-state index contributed by atoms with van der Waals surface area (Å²) in [6.07, 6.45) is 3.87. The molecule has 1 aromatic heterocycles. The van der Waals surface area contributed by atoms with Gasteiger partial charge in [0.2, 0.25) is 0 Å².